The molecule has 140 valence electrons. The molecule has 7 nitrogen and oxygen atoms in total. The van der Waals surface area contributed by atoms with Crippen LogP contribution >= 0.6 is 0 Å². The van der Waals surface area contributed by atoms with Crippen LogP contribution in [0.2, 0.25) is 0 Å². The van der Waals surface area contributed by atoms with Crippen molar-refractivity contribution in [2.75, 3.05) is 13.2 Å². The van der Waals surface area contributed by atoms with Gasteiger partial charge in [-0.1, -0.05) is 18.2 Å². The zero-order chi connectivity index (χ0) is 19.2. The molecule has 2 aromatic carbocycles. The van der Waals surface area contributed by atoms with Gasteiger partial charge in [-0.2, -0.15) is 0 Å². The summed E-state index contributed by atoms with van der Waals surface area (Å²) >= 11 is 0. The first-order chi connectivity index (χ1) is 13.1. The Morgan fingerprint density at radius 3 is 2.11 bits per heavy atom. The van der Waals surface area contributed by atoms with Crippen molar-refractivity contribution in [2.24, 2.45) is 0 Å². The third-order valence-corrected chi connectivity index (χ3v) is 4.30. The van der Waals surface area contributed by atoms with Crippen molar-refractivity contribution in [2.45, 2.75) is 25.3 Å². The highest BCUT2D eigenvalue weighted by Gasteiger charge is 2.47. The Balaban J connectivity index is 1.42. The lowest BCUT2D eigenvalue weighted by atomic mass is 10.1. The average Bonchev–Trinajstić information content (AvgIpc) is 2.92. The van der Waals surface area contributed by atoms with Crippen molar-refractivity contribution in [1.82, 2.24) is 0 Å². The number of nitro groups is 1. The Hall–Kier alpha value is -3.22. The topological polar surface area (TPSA) is 95.7 Å². The van der Waals surface area contributed by atoms with Gasteiger partial charge in [-0.05, 0) is 49.6 Å². The van der Waals surface area contributed by atoms with Gasteiger partial charge >= 0.3 is 6.04 Å². The monoisotopic (exact) mass is 369 g/mol. The summed E-state index contributed by atoms with van der Waals surface area (Å²) in [6.45, 7) is 1.08. The van der Waals surface area contributed by atoms with Crippen LogP contribution in [0, 0.1) is 10.1 Å². The summed E-state index contributed by atoms with van der Waals surface area (Å²) in [5.74, 6) is -0.257. The van der Waals surface area contributed by atoms with Gasteiger partial charge in [0, 0.05) is 16.1 Å². The van der Waals surface area contributed by atoms with Crippen LogP contribution in [-0.4, -0.2) is 35.7 Å². The molecule has 1 aliphatic rings. The predicted octanol–water partition coefficient (Wildman–Crippen LogP) is 3.34. The van der Waals surface area contributed by atoms with Crippen LogP contribution in [0.5, 0.6) is 11.5 Å². The molecule has 0 heterocycles. The van der Waals surface area contributed by atoms with Crippen LogP contribution in [-0.2, 0) is 0 Å². The molecule has 1 unspecified atom stereocenters. The van der Waals surface area contributed by atoms with Gasteiger partial charge in [0.1, 0.15) is 11.5 Å². The van der Waals surface area contributed by atoms with Crippen molar-refractivity contribution in [1.29, 1.82) is 0 Å². The maximum atomic E-state index is 12.0. The lowest BCUT2D eigenvalue weighted by molar-refractivity contribution is -0.488. The van der Waals surface area contributed by atoms with Gasteiger partial charge in [-0.25, -0.2) is 0 Å². The van der Waals surface area contributed by atoms with E-state index in [2.05, 4.69) is 0 Å². The van der Waals surface area contributed by atoms with Crippen molar-refractivity contribution in [3.63, 3.8) is 0 Å². The Bertz CT molecular complexity index is 849. The van der Waals surface area contributed by atoms with Gasteiger partial charge in [-0.15, -0.1) is 0 Å². The Morgan fingerprint density at radius 2 is 1.44 bits per heavy atom. The average molecular weight is 369 g/mol. The third kappa shape index (κ3) is 4.31. The van der Waals surface area contributed by atoms with Gasteiger partial charge in [0.25, 0.3) is 0 Å². The molecule has 2 aromatic rings. The van der Waals surface area contributed by atoms with E-state index in [0.29, 0.717) is 19.0 Å². The lowest BCUT2D eigenvalue weighted by Crippen LogP contribution is -2.31. The molecule has 0 saturated carbocycles. The number of fused-ring (bicyclic) bond motifs is 1. The fourth-order valence-electron chi connectivity index (χ4n) is 2.91. The van der Waals surface area contributed by atoms with Crippen LogP contribution in [0.1, 0.15) is 40.0 Å². The van der Waals surface area contributed by atoms with E-state index in [0.717, 1.165) is 25.0 Å². The summed E-state index contributed by atoms with van der Waals surface area (Å²) in [5.41, 5.74) is 0.155. The predicted molar refractivity (Wildman–Crippen MR) is 97.2 cm³/mol. The molecule has 3 rings (SSSR count). The second kappa shape index (κ2) is 8.44. The molecule has 7 heteroatoms. The Kier molecular flexibility index (Phi) is 5.80. The Labute approximate surface area is 156 Å². The number of ether oxygens (including phenoxy) is 2. The van der Waals surface area contributed by atoms with E-state index in [1.54, 1.807) is 6.07 Å². The van der Waals surface area contributed by atoms with E-state index in [4.69, 9.17) is 9.47 Å². The number of para-hydroxylation sites is 1. The number of carbonyl (C=O) groups excluding carboxylic acids is 2. The maximum Gasteiger partial charge on any atom is 0.336 e. The molecule has 27 heavy (non-hydrogen) atoms. The largest absolute Gasteiger partial charge is 0.494 e. The van der Waals surface area contributed by atoms with Crippen molar-refractivity contribution < 1.29 is 24.0 Å². The van der Waals surface area contributed by atoms with Crippen LogP contribution in [0.4, 0.5) is 0 Å². The molecular formula is C20H19NO6. The molecule has 0 radical (unpaired) electrons. The summed E-state index contributed by atoms with van der Waals surface area (Å²) in [4.78, 5) is 34.0. The molecule has 0 N–H and O–H groups in total. The molecule has 0 bridgehead atoms. The number of benzene rings is 2. The normalized spacial score (nSPS) is 15.5. The molecule has 0 aliphatic heterocycles. The number of ketones is 2. The molecule has 1 atom stereocenters. The molecule has 1 aliphatic carbocycles. The first-order valence-corrected chi connectivity index (χ1v) is 8.74. The van der Waals surface area contributed by atoms with Crippen LogP contribution in [0.25, 0.3) is 0 Å². The first-order valence-electron chi connectivity index (χ1n) is 8.74. The molecular weight excluding hydrogens is 350 g/mol. The number of unbranched alkanes of at least 4 members (excludes halogenated alkanes) is 2. The minimum absolute atomic E-state index is 0.0652. The maximum absolute atomic E-state index is 12.0. The second-order valence-electron chi connectivity index (χ2n) is 6.19. The van der Waals surface area contributed by atoms with E-state index >= 15 is 0 Å². The number of carbonyl (C=O) groups is 2. The highest BCUT2D eigenvalue weighted by Crippen LogP contribution is 2.28. The smallest absolute Gasteiger partial charge is 0.336 e. The van der Waals surface area contributed by atoms with E-state index in [1.165, 1.54) is 12.1 Å². The number of rotatable bonds is 9. The summed E-state index contributed by atoms with van der Waals surface area (Å²) in [6.07, 6.45) is 2.61. The van der Waals surface area contributed by atoms with Crippen molar-refractivity contribution in [3.8, 4) is 11.5 Å². The molecule has 0 spiro atoms. The number of Topliss-reactive ketones (excluding diaryl/α,β-unsaturated/α-hetero) is 2. The van der Waals surface area contributed by atoms with Crippen molar-refractivity contribution in [3.05, 3.63) is 69.8 Å². The number of hydrogen-bond donors (Lipinski definition) is 0. The zero-order valence-electron chi connectivity index (χ0n) is 14.6. The number of nitrogens with zero attached hydrogens (tertiary/aromatic N) is 1. The lowest BCUT2D eigenvalue weighted by Gasteiger charge is -2.08. The van der Waals surface area contributed by atoms with Gasteiger partial charge in [0.15, 0.2) is 0 Å². The van der Waals surface area contributed by atoms with Crippen molar-refractivity contribution >= 4 is 11.6 Å². The fourth-order valence-corrected chi connectivity index (χ4v) is 2.91. The molecule has 0 fully saturated rings. The standard InChI is InChI=1S/C20H19NO6/c22-19-16-10-9-15(13-17(16)20(23)18(19)21(24)25)27-12-6-2-5-11-26-14-7-3-1-4-8-14/h1,3-4,7-10,13,18H,2,5-6,11-12H2. The van der Waals surface area contributed by atoms with Crippen LogP contribution < -0.4 is 9.47 Å². The summed E-state index contributed by atoms with van der Waals surface area (Å²) in [7, 11) is 0. The molecule has 0 amide bonds. The minimum Gasteiger partial charge on any atom is -0.494 e. The highest BCUT2D eigenvalue weighted by molar-refractivity contribution is 6.28. The minimum atomic E-state index is -1.82. The Morgan fingerprint density at radius 1 is 0.815 bits per heavy atom. The van der Waals surface area contributed by atoms with Crippen LogP contribution in [0.15, 0.2) is 48.5 Å². The highest BCUT2D eigenvalue weighted by atomic mass is 16.6. The SMILES string of the molecule is O=C1c2ccc(OCCCCCOc3ccccc3)cc2C(=O)C1[N+](=O)[O-]. The fraction of sp³-hybridized carbons (Fsp3) is 0.300. The number of hydrogen-bond acceptors (Lipinski definition) is 6. The van der Waals surface area contributed by atoms with E-state index in [-0.39, 0.29) is 11.1 Å². The zero-order valence-corrected chi connectivity index (χ0v) is 14.6. The quantitative estimate of drug-likeness (QED) is 0.291. The molecule has 0 aromatic heterocycles. The van der Waals surface area contributed by atoms with E-state index in [1.807, 2.05) is 30.3 Å². The van der Waals surface area contributed by atoms with Gasteiger partial charge in [-0.3, -0.25) is 19.7 Å². The summed E-state index contributed by atoms with van der Waals surface area (Å²) < 4.78 is 11.2. The van der Waals surface area contributed by atoms with E-state index < -0.39 is 22.5 Å². The summed E-state index contributed by atoms with van der Waals surface area (Å²) in [5, 5.41) is 10.9. The second-order valence-corrected chi connectivity index (χ2v) is 6.19. The summed E-state index contributed by atoms with van der Waals surface area (Å²) in [6, 6.07) is 12.2. The van der Waals surface area contributed by atoms with Gasteiger partial charge in [0.2, 0.25) is 11.6 Å². The third-order valence-electron chi connectivity index (χ3n) is 4.30. The molecule has 0 saturated heterocycles. The first kappa shape index (κ1) is 18.6. The van der Waals surface area contributed by atoms with Gasteiger partial charge in [0.05, 0.1) is 13.2 Å². The van der Waals surface area contributed by atoms with E-state index in [9.17, 15) is 19.7 Å². The van der Waals surface area contributed by atoms with Gasteiger partial charge < -0.3 is 9.47 Å². The van der Waals surface area contributed by atoms with Crippen LogP contribution in [0.3, 0.4) is 0 Å².